The van der Waals surface area contributed by atoms with Crippen molar-refractivity contribution in [3.63, 3.8) is 0 Å². The molecule has 0 unspecified atom stereocenters. The van der Waals surface area contributed by atoms with Crippen LogP contribution >= 0.6 is 0 Å². The molecular formula is C14H14N4. The highest BCUT2D eigenvalue weighted by Gasteiger charge is 2.12. The number of aromatic nitrogens is 2. The normalized spacial score (nSPS) is 10.0. The monoisotopic (exact) mass is 238 g/mol. The Morgan fingerprint density at radius 3 is 3.00 bits per heavy atom. The zero-order chi connectivity index (χ0) is 13.1. The zero-order valence-corrected chi connectivity index (χ0v) is 10.2. The largest absolute Gasteiger partial charge is 0.383 e. The van der Waals surface area contributed by atoms with E-state index in [1.807, 2.05) is 23.6 Å². The first-order chi connectivity index (χ1) is 8.67. The van der Waals surface area contributed by atoms with Gasteiger partial charge in [0.25, 0.3) is 0 Å². The van der Waals surface area contributed by atoms with Crippen LogP contribution in [0.15, 0.2) is 36.9 Å². The van der Waals surface area contributed by atoms with Gasteiger partial charge in [-0.3, -0.25) is 0 Å². The summed E-state index contributed by atoms with van der Waals surface area (Å²) in [7, 11) is 0. The summed E-state index contributed by atoms with van der Waals surface area (Å²) in [5, 5.41) is 8.90. The van der Waals surface area contributed by atoms with E-state index in [0.717, 1.165) is 11.4 Å². The molecule has 0 bridgehead atoms. The fraction of sp³-hybridized carbons (Fsp3) is 0.143. The number of hydrogen-bond donors (Lipinski definition) is 1. The van der Waals surface area contributed by atoms with E-state index >= 15 is 0 Å². The van der Waals surface area contributed by atoms with Crippen molar-refractivity contribution in [2.24, 2.45) is 0 Å². The number of imidazole rings is 1. The molecule has 0 aliphatic rings. The second-order valence-electron chi connectivity index (χ2n) is 3.98. The topological polar surface area (TPSA) is 67.6 Å². The van der Waals surface area contributed by atoms with E-state index in [1.165, 1.54) is 0 Å². The minimum Gasteiger partial charge on any atom is -0.383 e. The maximum absolute atomic E-state index is 8.90. The van der Waals surface area contributed by atoms with E-state index in [9.17, 15) is 0 Å². The van der Waals surface area contributed by atoms with Crippen LogP contribution in [0.3, 0.4) is 0 Å². The lowest BCUT2D eigenvalue weighted by molar-refractivity contribution is 0.792. The number of rotatable bonds is 3. The molecule has 0 radical (unpaired) electrons. The standard InChI is InChI=1S/C14H14N4/c1-3-7-18-10(2)17-13(14(18)16)12-6-4-5-11(8-12)9-15/h3-6,8H,1,7,16H2,2H3. The lowest BCUT2D eigenvalue weighted by atomic mass is 10.1. The van der Waals surface area contributed by atoms with E-state index < -0.39 is 0 Å². The van der Waals surface area contributed by atoms with Crippen LogP contribution in [-0.4, -0.2) is 9.55 Å². The maximum atomic E-state index is 8.90. The first-order valence-corrected chi connectivity index (χ1v) is 5.61. The van der Waals surface area contributed by atoms with Gasteiger partial charge in [0.1, 0.15) is 17.3 Å². The van der Waals surface area contributed by atoms with E-state index in [4.69, 9.17) is 11.0 Å². The maximum Gasteiger partial charge on any atom is 0.132 e. The second-order valence-corrected chi connectivity index (χ2v) is 3.98. The number of nitrogens with two attached hydrogens (primary N) is 1. The molecule has 0 atom stereocenters. The summed E-state index contributed by atoms with van der Waals surface area (Å²) >= 11 is 0. The van der Waals surface area contributed by atoms with Crippen molar-refractivity contribution in [1.82, 2.24) is 9.55 Å². The lowest BCUT2D eigenvalue weighted by Crippen LogP contribution is -2.03. The van der Waals surface area contributed by atoms with Crippen molar-refractivity contribution in [1.29, 1.82) is 5.26 Å². The molecule has 4 heteroatoms. The number of nitrogen functional groups attached to an aromatic ring is 1. The molecule has 90 valence electrons. The first-order valence-electron chi connectivity index (χ1n) is 5.61. The molecule has 1 aromatic carbocycles. The van der Waals surface area contributed by atoms with Gasteiger partial charge >= 0.3 is 0 Å². The highest BCUT2D eigenvalue weighted by molar-refractivity contribution is 5.72. The Morgan fingerprint density at radius 2 is 2.33 bits per heavy atom. The number of anilines is 1. The summed E-state index contributed by atoms with van der Waals surface area (Å²) in [6.07, 6.45) is 1.78. The van der Waals surface area contributed by atoms with Gasteiger partial charge in [-0.15, -0.1) is 6.58 Å². The van der Waals surface area contributed by atoms with Crippen molar-refractivity contribution in [2.75, 3.05) is 5.73 Å². The summed E-state index contributed by atoms with van der Waals surface area (Å²) in [6, 6.07) is 9.39. The summed E-state index contributed by atoms with van der Waals surface area (Å²) in [6.45, 7) is 6.23. The Balaban J connectivity index is 2.54. The second kappa shape index (κ2) is 4.76. The highest BCUT2D eigenvalue weighted by atomic mass is 15.1. The number of aryl methyl sites for hydroxylation is 1. The van der Waals surface area contributed by atoms with Gasteiger partial charge in [0.15, 0.2) is 0 Å². The van der Waals surface area contributed by atoms with E-state index in [-0.39, 0.29) is 0 Å². The van der Waals surface area contributed by atoms with Crippen molar-refractivity contribution < 1.29 is 0 Å². The Hall–Kier alpha value is -2.54. The summed E-state index contributed by atoms with van der Waals surface area (Å²) in [5.74, 6) is 1.44. The van der Waals surface area contributed by atoms with Crippen LogP contribution in [0.2, 0.25) is 0 Å². The number of allylic oxidation sites excluding steroid dienone is 1. The molecule has 2 aromatic rings. The Labute approximate surface area is 106 Å². The molecule has 1 aromatic heterocycles. The minimum atomic E-state index is 0.600. The SMILES string of the molecule is C=CCn1c(C)nc(-c2cccc(C#N)c2)c1N. The van der Waals surface area contributed by atoms with E-state index in [2.05, 4.69) is 17.6 Å². The minimum absolute atomic E-state index is 0.600. The predicted octanol–water partition coefficient (Wildman–Crippen LogP) is 2.50. The number of nitrogens with zero attached hydrogens (tertiary/aromatic N) is 3. The van der Waals surface area contributed by atoms with Gasteiger partial charge in [-0.1, -0.05) is 18.2 Å². The van der Waals surface area contributed by atoms with Gasteiger partial charge in [-0.05, 0) is 19.1 Å². The average Bonchev–Trinajstić information content (AvgIpc) is 2.67. The van der Waals surface area contributed by atoms with Gasteiger partial charge in [-0.25, -0.2) is 4.98 Å². The Kier molecular flexibility index (Phi) is 3.16. The molecule has 0 aliphatic heterocycles. The fourth-order valence-electron chi connectivity index (χ4n) is 1.89. The van der Waals surface area contributed by atoms with Crippen LogP contribution in [0.25, 0.3) is 11.3 Å². The average molecular weight is 238 g/mol. The molecule has 0 spiro atoms. The molecule has 0 aliphatic carbocycles. The van der Waals surface area contributed by atoms with Crippen LogP contribution in [0, 0.1) is 18.3 Å². The van der Waals surface area contributed by atoms with Crippen LogP contribution in [0.1, 0.15) is 11.4 Å². The zero-order valence-electron chi connectivity index (χ0n) is 10.2. The molecule has 0 saturated carbocycles. The molecular weight excluding hydrogens is 224 g/mol. The van der Waals surface area contributed by atoms with Gasteiger partial charge in [0, 0.05) is 12.1 Å². The third-order valence-corrected chi connectivity index (χ3v) is 2.77. The molecule has 18 heavy (non-hydrogen) atoms. The number of nitriles is 1. The molecule has 4 nitrogen and oxygen atoms in total. The van der Waals surface area contributed by atoms with Crippen LogP contribution in [-0.2, 0) is 6.54 Å². The van der Waals surface area contributed by atoms with Crippen molar-refractivity contribution in [3.05, 3.63) is 48.3 Å². The molecule has 2 N–H and O–H groups in total. The molecule has 0 saturated heterocycles. The molecule has 0 fully saturated rings. The molecule has 0 amide bonds. The molecule has 2 rings (SSSR count). The van der Waals surface area contributed by atoms with Crippen LogP contribution in [0.5, 0.6) is 0 Å². The molecule has 1 heterocycles. The van der Waals surface area contributed by atoms with Crippen molar-refractivity contribution in [3.8, 4) is 17.3 Å². The third-order valence-electron chi connectivity index (χ3n) is 2.77. The number of hydrogen-bond acceptors (Lipinski definition) is 3. The Morgan fingerprint density at radius 1 is 1.56 bits per heavy atom. The quantitative estimate of drug-likeness (QED) is 0.835. The van der Waals surface area contributed by atoms with Crippen LogP contribution in [0.4, 0.5) is 5.82 Å². The van der Waals surface area contributed by atoms with Gasteiger partial charge < -0.3 is 10.3 Å². The fourth-order valence-corrected chi connectivity index (χ4v) is 1.89. The van der Waals surface area contributed by atoms with Crippen molar-refractivity contribution >= 4 is 5.82 Å². The van der Waals surface area contributed by atoms with Gasteiger partial charge in [0.2, 0.25) is 0 Å². The summed E-state index contributed by atoms with van der Waals surface area (Å²) < 4.78 is 1.89. The summed E-state index contributed by atoms with van der Waals surface area (Å²) in [4.78, 5) is 4.46. The first kappa shape index (κ1) is 11.9. The highest BCUT2D eigenvalue weighted by Crippen LogP contribution is 2.26. The van der Waals surface area contributed by atoms with Gasteiger partial charge in [0.05, 0.1) is 11.6 Å². The van der Waals surface area contributed by atoms with E-state index in [1.54, 1.807) is 18.2 Å². The van der Waals surface area contributed by atoms with Crippen LogP contribution < -0.4 is 5.73 Å². The smallest absolute Gasteiger partial charge is 0.132 e. The Bertz CT molecular complexity index is 632. The van der Waals surface area contributed by atoms with Gasteiger partial charge in [-0.2, -0.15) is 5.26 Å². The number of benzene rings is 1. The lowest BCUT2D eigenvalue weighted by Gasteiger charge is -2.04. The predicted molar refractivity (Wildman–Crippen MR) is 71.7 cm³/mol. The third kappa shape index (κ3) is 1.98. The summed E-state index contributed by atoms with van der Waals surface area (Å²) in [5.41, 5.74) is 8.26. The van der Waals surface area contributed by atoms with Crippen molar-refractivity contribution in [2.45, 2.75) is 13.5 Å². The van der Waals surface area contributed by atoms with E-state index in [0.29, 0.717) is 23.6 Å².